The monoisotopic (exact) mass is 318 g/mol. The van der Waals surface area contributed by atoms with E-state index in [2.05, 4.69) is 15.1 Å². The van der Waals surface area contributed by atoms with Gasteiger partial charge in [0.05, 0.1) is 0 Å². The third kappa shape index (κ3) is 3.38. The van der Waals surface area contributed by atoms with Gasteiger partial charge in [0.2, 0.25) is 23.6 Å². The van der Waals surface area contributed by atoms with Gasteiger partial charge in [-0.1, -0.05) is 19.0 Å². The molecular weight excluding hydrogens is 299 g/mol. The molecule has 7 heteroatoms. The zero-order valence-corrected chi connectivity index (χ0v) is 13.2. The summed E-state index contributed by atoms with van der Waals surface area (Å²) in [5, 5.41) is 3.92. The molecule has 0 atom stereocenters. The molecule has 0 aromatic carbocycles. The first-order valence-electron chi connectivity index (χ1n) is 7.79. The van der Waals surface area contributed by atoms with E-state index in [-0.39, 0.29) is 17.7 Å². The summed E-state index contributed by atoms with van der Waals surface area (Å²) >= 11 is 0. The lowest BCUT2D eigenvalue weighted by Gasteiger charge is -2.31. The molecule has 0 aliphatic carbocycles. The summed E-state index contributed by atoms with van der Waals surface area (Å²) in [6.45, 7) is 5.21. The number of hydrogen-bond donors (Lipinski definition) is 0. The number of halogens is 1. The van der Waals surface area contributed by atoms with Crippen molar-refractivity contribution in [3.8, 4) is 11.4 Å². The maximum Gasteiger partial charge on any atom is 0.230 e. The lowest BCUT2D eigenvalue weighted by Crippen LogP contribution is -2.40. The van der Waals surface area contributed by atoms with Crippen molar-refractivity contribution in [3.63, 3.8) is 0 Å². The minimum absolute atomic E-state index is 0.0168. The molecule has 1 saturated heterocycles. The summed E-state index contributed by atoms with van der Waals surface area (Å²) in [4.78, 5) is 21.8. The number of piperidine rings is 1. The molecule has 3 heterocycles. The van der Waals surface area contributed by atoms with E-state index < -0.39 is 5.95 Å². The van der Waals surface area contributed by atoms with E-state index in [9.17, 15) is 9.18 Å². The average molecular weight is 318 g/mol. The molecular formula is C16H19FN4O2. The van der Waals surface area contributed by atoms with Crippen molar-refractivity contribution in [2.75, 3.05) is 13.1 Å². The number of likely N-dealkylation sites (tertiary alicyclic amines) is 1. The van der Waals surface area contributed by atoms with Gasteiger partial charge in [-0.15, -0.1) is 0 Å². The van der Waals surface area contributed by atoms with Crippen molar-refractivity contribution in [2.45, 2.75) is 32.6 Å². The second kappa shape index (κ2) is 6.44. The van der Waals surface area contributed by atoms with Gasteiger partial charge < -0.3 is 9.42 Å². The molecule has 122 valence electrons. The lowest BCUT2D eigenvalue weighted by molar-refractivity contribution is -0.135. The second-order valence-corrected chi connectivity index (χ2v) is 6.08. The molecule has 0 N–H and O–H groups in total. The van der Waals surface area contributed by atoms with E-state index in [0.717, 1.165) is 12.8 Å². The summed E-state index contributed by atoms with van der Waals surface area (Å²) in [6.07, 6.45) is 2.96. The number of nitrogens with zero attached hydrogens (tertiary/aromatic N) is 4. The van der Waals surface area contributed by atoms with E-state index in [0.29, 0.717) is 30.4 Å². The summed E-state index contributed by atoms with van der Waals surface area (Å²) in [5.41, 5.74) is 0.542. The van der Waals surface area contributed by atoms with Crippen molar-refractivity contribution < 1.29 is 13.7 Å². The average Bonchev–Trinajstić information content (AvgIpc) is 3.04. The minimum atomic E-state index is -0.575. The zero-order valence-electron chi connectivity index (χ0n) is 13.2. The molecule has 3 rings (SSSR count). The number of carbonyl (C=O) groups excluding carboxylic acids is 1. The van der Waals surface area contributed by atoms with Crippen LogP contribution in [0.15, 0.2) is 22.9 Å². The topological polar surface area (TPSA) is 72.1 Å². The third-order valence-electron chi connectivity index (χ3n) is 4.08. The number of rotatable bonds is 3. The van der Waals surface area contributed by atoms with Crippen LogP contribution in [0.4, 0.5) is 4.39 Å². The number of pyridine rings is 1. The standard InChI is InChI=1S/C16H19FN4O2/c1-10(2)16(22)21-7-4-11(5-8-21)15-19-14(20-23-15)12-3-6-18-13(17)9-12/h3,6,9-11H,4-5,7-8H2,1-2H3. The van der Waals surface area contributed by atoms with Gasteiger partial charge in [0, 0.05) is 42.8 Å². The molecule has 0 radical (unpaired) electrons. The number of hydrogen-bond acceptors (Lipinski definition) is 5. The van der Waals surface area contributed by atoms with E-state index >= 15 is 0 Å². The first-order valence-corrected chi connectivity index (χ1v) is 7.79. The predicted molar refractivity (Wildman–Crippen MR) is 80.9 cm³/mol. The van der Waals surface area contributed by atoms with Crippen molar-refractivity contribution >= 4 is 5.91 Å². The van der Waals surface area contributed by atoms with Crippen molar-refractivity contribution in [3.05, 3.63) is 30.2 Å². The van der Waals surface area contributed by atoms with Crippen LogP contribution in [0.25, 0.3) is 11.4 Å². The third-order valence-corrected chi connectivity index (χ3v) is 4.08. The van der Waals surface area contributed by atoms with Crippen LogP contribution in [-0.2, 0) is 4.79 Å². The van der Waals surface area contributed by atoms with Crippen LogP contribution in [0.1, 0.15) is 38.5 Å². The smallest absolute Gasteiger partial charge is 0.230 e. The van der Waals surface area contributed by atoms with Gasteiger partial charge in [0.1, 0.15) is 0 Å². The summed E-state index contributed by atoms with van der Waals surface area (Å²) in [5.74, 6) is 0.675. The molecule has 0 spiro atoms. The normalized spacial score (nSPS) is 16.1. The highest BCUT2D eigenvalue weighted by atomic mass is 19.1. The van der Waals surface area contributed by atoms with E-state index in [4.69, 9.17) is 4.52 Å². The van der Waals surface area contributed by atoms with Gasteiger partial charge in [-0.05, 0) is 18.9 Å². The fraction of sp³-hybridized carbons (Fsp3) is 0.500. The molecule has 0 unspecified atom stereocenters. The quantitative estimate of drug-likeness (QED) is 0.814. The van der Waals surface area contributed by atoms with Crippen molar-refractivity contribution in [1.82, 2.24) is 20.0 Å². The van der Waals surface area contributed by atoms with Crippen LogP contribution >= 0.6 is 0 Å². The summed E-state index contributed by atoms with van der Waals surface area (Å²) in [6, 6.07) is 2.92. The van der Waals surface area contributed by atoms with E-state index in [1.165, 1.54) is 12.3 Å². The predicted octanol–water partition coefficient (Wildman–Crippen LogP) is 2.63. The summed E-state index contributed by atoms with van der Waals surface area (Å²) < 4.78 is 18.5. The largest absolute Gasteiger partial charge is 0.342 e. The molecule has 2 aromatic heterocycles. The number of amides is 1. The minimum Gasteiger partial charge on any atom is -0.342 e. The molecule has 1 aliphatic heterocycles. The Morgan fingerprint density at radius 1 is 1.39 bits per heavy atom. The van der Waals surface area contributed by atoms with Crippen LogP contribution in [0.2, 0.25) is 0 Å². The van der Waals surface area contributed by atoms with Gasteiger partial charge in [-0.25, -0.2) is 4.98 Å². The van der Waals surface area contributed by atoms with Crippen LogP contribution < -0.4 is 0 Å². The molecule has 1 fully saturated rings. The van der Waals surface area contributed by atoms with Crippen LogP contribution in [0, 0.1) is 11.9 Å². The lowest BCUT2D eigenvalue weighted by atomic mass is 9.96. The van der Waals surface area contributed by atoms with Crippen LogP contribution in [0.3, 0.4) is 0 Å². The molecule has 0 bridgehead atoms. The molecule has 1 aliphatic rings. The Bertz CT molecular complexity index is 693. The number of aromatic nitrogens is 3. The van der Waals surface area contributed by atoms with Crippen molar-refractivity contribution in [2.24, 2.45) is 5.92 Å². The first kappa shape index (κ1) is 15.6. The first-order chi connectivity index (χ1) is 11.0. The Kier molecular flexibility index (Phi) is 4.36. The number of carbonyl (C=O) groups is 1. The fourth-order valence-corrected chi connectivity index (χ4v) is 2.77. The Balaban J connectivity index is 1.67. The maximum absolute atomic E-state index is 13.2. The Morgan fingerprint density at radius 3 is 2.78 bits per heavy atom. The zero-order chi connectivity index (χ0) is 16.4. The Hall–Kier alpha value is -2.31. The molecule has 2 aromatic rings. The highest BCUT2D eigenvalue weighted by Crippen LogP contribution is 2.29. The highest BCUT2D eigenvalue weighted by Gasteiger charge is 2.28. The van der Waals surface area contributed by atoms with Gasteiger partial charge in [-0.2, -0.15) is 9.37 Å². The molecule has 0 saturated carbocycles. The van der Waals surface area contributed by atoms with Gasteiger partial charge in [0.15, 0.2) is 0 Å². The van der Waals surface area contributed by atoms with E-state index in [1.54, 1.807) is 6.07 Å². The Morgan fingerprint density at radius 2 is 2.13 bits per heavy atom. The van der Waals surface area contributed by atoms with Gasteiger partial charge in [-0.3, -0.25) is 4.79 Å². The van der Waals surface area contributed by atoms with Gasteiger partial charge in [0.25, 0.3) is 0 Å². The van der Waals surface area contributed by atoms with E-state index in [1.807, 2.05) is 18.7 Å². The maximum atomic E-state index is 13.2. The fourth-order valence-electron chi connectivity index (χ4n) is 2.77. The SMILES string of the molecule is CC(C)C(=O)N1CCC(c2nc(-c3ccnc(F)c3)no2)CC1. The highest BCUT2D eigenvalue weighted by molar-refractivity contribution is 5.78. The van der Waals surface area contributed by atoms with Crippen LogP contribution in [-0.4, -0.2) is 39.0 Å². The Labute approximate surface area is 133 Å². The molecule has 1 amide bonds. The van der Waals surface area contributed by atoms with Gasteiger partial charge >= 0.3 is 0 Å². The van der Waals surface area contributed by atoms with Crippen molar-refractivity contribution in [1.29, 1.82) is 0 Å². The molecule has 6 nitrogen and oxygen atoms in total. The molecule has 23 heavy (non-hydrogen) atoms. The van der Waals surface area contributed by atoms with Crippen LogP contribution in [0.5, 0.6) is 0 Å². The summed E-state index contributed by atoms with van der Waals surface area (Å²) in [7, 11) is 0. The second-order valence-electron chi connectivity index (χ2n) is 6.08.